The molecule has 0 spiro atoms. The molecule has 1 fully saturated rings. The molecule has 168 valence electrons. The fourth-order valence-corrected chi connectivity index (χ4v) is 4.93. The van der Waals surface area contributed by atoms with Gasteiger partial charge in [-0.15, -0.1) is 0 Å². The van der Waals surface area contributed by atoms with Gasteiger partial charge in [-0.25, -0.2) is 13.2 Å². The highest BCUT2D eigenvalue weighted by atomic mass is 32.2. The third-order valence-corrected chi connectivity index (χ3v) is 7.16. The Morgan fingerprint density at radius 3 is 2.53 bits per heavy atom. The van der Waals surface area contributed by atoms with Crippen LogP contribution in [0.2, 0.25) is 0 Å². The van der Waals surface area contributed by atoms with Crippen LogP contribution in [-0.4, -0.2) is 55.1 Å². The Balaban J connectivity index is 1.46. The van der Waals surface area contributed by atoms with Crippen molar-refractivity contribution in [3.05, 3.63) is 65.0 Å². The minimum atomic E-state index is -3.74. The average molecular weight is 458 g/mol. The summed E-state index contributed by atoms with van der Waals surface area (Å²) in [4.78, 5) is 16.9. The molecule has 1 aromatic heterocycles. The van der Waals surface area contributed by atoms with Gasteiger partial charge in [0.2, 0.25) is 15.8 Å². The van der Waals surface area contributed by atoms with Gasteiger partial charge in [0.15, 0.2) is 6.61 Å². The van der Waals surface area contributed by atoms with Crippen LogP contribution in [0, 0.1) is 13.8 Å². The molecule has 10 heteroatoms. The van der Waals surface area contributed by atoms with Crippen LogP contribution in [0.25, 0.3) is 11.4 Å². The van der Waals surface area contributed by atoms with Crippen molar-refractivity contribution in [2.45, 2.75) is 25.3 Å². The Hall–Kier alpha value is -3.08. The number of rotatable bonds is 6. The lowest BCUT2D eigenvalue weighted by Gasteiger charge is -2.26. The van der Waals surface area contributed by atoms with E-state index in [1.807, 2.05) is 31.2 Å². The van der Waals surface area contributed by atoms with Gasteiger partial charge in [-0.2, -0.15) is 9.29 Å². The number of aromatic nitrogens is 2. The number of sulfonamides is 1. The molecule has 32 heavy (non-hydrogen) atoms. The lowest BCUT2D eigenvalue weighted by Crippen LogP contribution is -2.40. The zero-order valence-electron chi connectivity index (χ0n) is 17.8. The molecule has 2 aromatic carbocycles. The second kappa shape index (κ2) is 9.19. The Labute approximate surface area is 186 Å². The van der Waals surface area contributed by atoms with Gasteiger partial charge in [-0.1, -0.05) is 41.1 Å². The van der Waals surface area contributed by atoms with Crippen molar-refractivity contribution in [2.75, 3.05) is 26.3 Å². The maximum Gasteiger partial charge on any atom is 0.338 e. The molecule has 1 aliphatic heterocycles. The Kier molecular flexibility index (Phi) is 6.35. The number of carbonyl (C=O) groups is 1. The zero-order chi connectivity index (χ0) is 22.7. The number of aryl methyl sites for hydroxylation is 2. The Bertz CT molecular complexity index is 1210. The summed E-state index contributed by atoms with van der Waals surface area (Å²) in [6.45, 7) is 4.68. The molecular formula is C22H23N3O6S. The van der Waals surface area contributed by atoms with Crippen molar-refractivity contribution >= 4 is 16.0 Å². The van der Waals surface area contributed by atoms with E-state index in [0.29, 0.717) is 24.6 Å². The maximum absolute atomic E-state index is 13.0. The highest BCUT2D eigenvalue weighted by molar-refractivity contribution is 7.89. The topological polar surface area (TPSA) is 112 Å². The molecule has 0 atom stereocenters. The minimum absolute atomic E-state index is 0.0771. The van der Waals surface area contributed by atoms with Crippen molar-refractivity contribution in [2.24, 2.45) is 0 Å². The lowest BCUT2D eigenvalue weighted by molar-refractivity contribution is 0.0429. The van der Waals surface area contributed by atoms with E-state index in [0.717, 1.165) is 11.1 Å². The molecule has 3 aromatic rings. The van der Waals surface area contributed by atoms with Crippen LogP contribution in [0.5, 0.6) is 0 Å². The van der Waals surface area contributed by atoms with E-state index in [9.17, 15) is 13.2 Å². The standard InChI is InChI=1S/C22H23N3O6S/c1-15-3-6-17(7-4-15)21-23-20(31-24-21)14-30-22(26)18-8-5-16(2)19(13-18)32(27,28)25-9-11-29-12-10-25/h3-8,13H,9-12,14H2,1-2H3. The molecule has 1 aliphatic rings. The van der Waals surface area contributed by atoms with Crippen molar-refractivity contribution in [1.29, 1.82) is 0 Å². The molecule has 9 nitrogen and oxygen atoms in total. The van der Waals surface area contributed by atoms with Crippen molar-refractivity contribution in [1.82, 2.24) is 14.4 Å². The summed E-state index contributed by atoms with van der Waals surface area (Å²) in [5.74, 6) is -0.147. The Morgan fingerprint density at radius 1 is 1.09 bits per heavy atom. The second-order valence-corrected chi connectivity index (χ2v) is 9.36. The van der Waals surface area contributed by atoms with Gasteiger partial charge in [-0.05, 0) is 31.5 Å². The van der Waals surface area contributed by atoms with Gasteiger partial charge < -0.3 is 14.0 Å². The highest BCUT2D eigenvalue weighted by Gasteiger charge is 2.28. The van der Waals surface area contributed by atoms with E-state index in [2.05, 4.69) is 10.1 Å². The molecule has 1 saturated heterocycles. The van der Waals surface area contributed by atoms with E-state index in [4.69, 9.17) is 14.0 Å². The number of carbonyl (C=O) groups excluding carboxylic acids is 1. The normalized spacial score (nSPS) is 14.9. The number of benzene rings is 2. The first-order valence-corrected chi connectivity index (χ1v) is 11.5. The smallest absolute Gasteiger partial charge is 0.338 e. The summed E-state index contributed by atoms with van der Waals surface area (Å²) >= 11 is 0. The van der Waals surface area contributed by atoms with Crippen LogP contribution in [0.4, 0.5) is 0 Å². The van der Waals surface area contributed by atoms with Gasteiger partial charge in [0.1, 0.15) is 0 Å². The molecule has 0 N–H and O–H groups in total. The molecule has 0 radical (unpaired) electrons. The minimum Gasteiger partial charge on any atom is -0.452 e. The SMILES string of the molecule is Cc1ccc(-c2noc(COC(=O)c3ccc(C)c(S(=O)(=O)N4CCOCC4)c3)n2)cc1. The first kappa shape index (κ1) is 22.1. The summed E-state index contributed by atoms with van der Waals surface area (Å²) < 4.78 is 43.0. The van der Waals surface area contributed by atoms with E-state index in [1.165, 1.54) is 16.4 Å². The maximum atomic E-state index is 13.0. The lowest BCUT2D eigenvalue weighted by atomic mass is 10.1. The van der Waals surface area contributed by atoms with Crippen LogP contribution in [0.3, 0.4) is 0 Å². The number of ether oxygens (including phenoxy) is 2. The van der Waals surface area contributed by atoms with Gasteiger partial charge in [0, 0.05) is 18.7 Å². The highest BCUT2D eigenvalue weighted by Crippen LogP contribution is 2.23. The quantitative estimate of drug-likeness (QED) is 0.520. The number of nitrogens with zero attached hydrogens (tertiary/aromatic N) is 3. The number of hydrogen-bond acceptors (Lipinski definition) is 8. The zero-order valence-corrected chi connectivity index (χ0v) is 18.6. The third-order valence-electron chi connectivity index (χ3n) is 5.12. The first-order valence-electron chi connectivity index (χ1n) is 10.1. The van der Waals surface area contributed by atoms with E-state index < -0.39 is 16.0 Å². The Morgan fingerprint density at radius 2 is 1.81 bits per heavy atom. The molecule has 0 bridgehead atoms. The molecular weight excluding hydrogens is 434 g/mol. The number of esters is 1. The van der Waals surface area contributed by atoms with Crippen LogP contribution < -0.4 is 0 Å². The molecule has 0 amide bonds. The summed E-state index contributed by atoms with van der Waals surface area (Å²) in [7, 11) is -3.74. The van der Waals surface area contributed by atoms with E-state index in [1.54, 1.807) is 13.0 Å². The van der Waals surface area contributed by atoms with Gasteiger partial charge in [0.05, 0.1) is 23.7 Å². The molecule has 0 unspecified atom stereocenters. The number of hydrogen-bond donors (Lipinski definition) is 0. The summed E-state index contributed by atoms with van der Waals surface area (Å²) in [5, 5.41) is 3.90. The third kappa shape index (κ3) is 4.72. The van der Waals surface area contributed by atoms with Crippen molar-refractivity contribution < 1.29 is 27.2 Å². The predicted molar refractivity (Wildman–Crippen MR) is 114 cm³/mol. The summed E-state index contributed by atoms with van der Waals surface area (Å²) in [5.41, 5.74) is 2.57. The average Bonchev–Trinajstić information content (AvgIpc) is 3.28. The van der Waals surface area contributed by atoms with Crippen LogP contribution in [0.1, 0.15) is 27.4 Å². The fraction of sp³-hybridized carbons (Fsp3) is 0.318. The fourth-order valence-electron chi connectivity index (χ4n) is 3.28. The summed E-state index contributed by atoms with van der Waals surface area (Å²) in [6, 6.07) is 12.1. The second-order valence-electron chi connectivity index (χ2n) is 7.45. The van der Waals surface area contributed by atoms with Gasteiger partial charge >= 0.3 is 5.97 Å². The summed E-state index contributed by atoms with van der Waals surface area (Å²) in [6.07, 6.45) is 0. The van der Waals surface area contributed by atoms with E-state index >= 15 is 0 Å². The number of morpholine rings is 1. The van der Waals surface area contributed by atoms with Gasteiger partial charge in [0.25, 0.3) is 5.89 Å². The van der Waals surface area contributed by atoms with Crippen molar-refractivity contribution in [3.63, 3.8) is 0 Å². The molecule has 4 rings (SSSR count). The van der Waals surface area contributed by atoms with Crippen molar-refractivity contribution in [3.8, 4) is 11.4 Å². The molecule has 2 heterocycles. The molecule has 0 saturated carbocycles. The predicted octanol–water partition coefficient (Wildman–Crippen LogP) is 2.73. The first-order chi connectivity index (χ1) is 15.3. The van der Waals surface area contributed by atoms with Crippen LogP contribution in [-0.2, 0) is 26.1 Å². The van der Waals surface area contributed by atoms with Gasteiger partial charge in [-0.3, -0.25) is 0 Å². The van der Waals surface area contributed by atoms with Crippen LogP contribution >= 0.6 is 0 Å². The molecule has 0 aliphatic carbocycles. The monoisotopic (exact) mass is 457 g/mol. The van der Waals surface area contributed by atoms with Crippen LogP contribution in [0.15, 0.2) is 51.9 Å². The largest absolute Gasteiger partial charge is 0.452 e. The van der Waals surface area contributed by atoms with E-state index in [-0.39, 0.29) is 36.0 Å².